The van der Waals surface area contributed by atoms with E-state index in [-0.39, 0.29) is 17.5 Å². The van der Waals surface area contributed by atoms with Gasteiger partial charge in [0.15, 0.2) is 11.5 Å². The first-order valence-electron chi connectivity index (χ1n) is 10.2. The minimum absolute atomic E-state index is 0.191. The van der Waals surface area contributed by atoms with Gasteiger partial charge in [-0.1, -0.05) is 33.6 Å². The molecule has 0 saturated heterocycles. The lowest BCUT2D eigenvalue weighted by atomic mass is 10.0. The number of hydrogen-bond donors (Lipinski definition) is 1. The van der Waals surface area contributed by atoms with Crippen LogP contribution in [0.3, 0.4) is 0 Å². The quantitative estimate of drug-likeness (QED) is 0.289. The molecular weight excluding hydrogens is 368 g/mol. The molecule has 0 unspecified atom stereocenters. The maximum atomic E-state index is 9.28. The number of unbranched alkanes of at least 4 members (excludes halogenated alkanes) is 2. The Kier molecular flexibility index (Phi) is 9.03. The lowest BCUT2D eigenvalue weighted by molar-refractivity contribution is 0.286. The Labute approximate surface area is 172 Å². The molecule has 0 atom stereocenters. The molecule has 0 aliphatic heterocycles. The molecule has 7 nitrogen and oxygen atoms in total. The number of oxazole rings is 1. The van der Waals surface area contributed by atoms with Crippen LogP contribution in [0.1, 0.15) is 75.9 Å². The second kappa shape index (κ2) is 11.7. The van der Waals surface area contributed by atoms with Crippen molar-refractivity contribution in [2.24, 2.45) is 5.10 Å². The number of methoxy groups -OCH3 is 1. The van der Waals surface area contributed by atoms with Crippen LogP contribution in [-0.2, 0) is 0 Å². The molecule has 0 fully saturated rings. The Morgan fingerprint density at radius 2 is 2.03 bits per heavy atom. The molecule has 0 radical (unpaired) electrons. The molecule has 1 aromatic carbocycles. The van der Waals surface area contributed by atoms with Gasteiger partial charge in [-0.3, -0.25) is 0 Å². The van der Waals surface area contributed by atoms with Gasteiger partial charge in [0.25, 0.3) is 5.88 Å². The van der Waals surface area contributed by atoms with Crippen LogP contribution in [0.4, 0.5) is 5.88 Å². The third-order valence-corrected chi connectivity index (χ3v) is 4.66. The van der Waals surface area contributed by atoms with E-state index >= 15 is 0 Å². The van der Waals surface area contributed by atoms with E-state index in [4.69, 9.17) is 13.9 Å². The van der Waals surface area contributed by atoms with Crippen molar-refractivity contribution in [3.8, 4) is 17.6 Å². The molecule has 2 aromatic rings. The zero-order valence-electron chi connectivity index (χ0n) is 17.7. The van der Waals surface area contributed by atoms with Crippen molar-refractivity contribution in [2.45, 2.75) is 58.8 Å². The number of nitrogens with one attached hydrogen (secondary N) is 1. The van der Waals surface area contributed by atoms with Crippen LogP contribution in [0.15, 0.2) is 27.7 Å². The van der Waals surface area contributed by atoms with Crippen molar-refractivity contribution in [3.63, 3.8) is 0 Å². The summed E-state index contributed by atoms with van der Waals surface area (Å²) in [4.78, 5) is 4.28. The summed E-state index contributed by atoms with van der Waals surface area (Å²) in [6, 6.07) is 7.65. The van der Waals surface area contributed by atoms with Crippen LogP contribution in [0.25, 0.3) is 0 Å². The number of hydrogen-bond acceptors (Lipinski definition) is 7. The van der Waals surface area contributed by atoms with Crippen LogP contribution in [-0.4, -0.2) is 24.9 Å². The normalized spacial score (nSPS) is 11.0. The van der Waals surface area contributed by atoms with E-state index in [2.05, 4.69) is 36.3 Å². The Balaban J connectivity index is 2.05. The van der Waals surface area contributed by atoms with E-state index in [1.807, 2.05) is 24.3 Å². The van der Waals surface area contributed by atoms with Gasteiger partial charge in [-0.15, -0.1) is 0 Å². The summed E-state index contributed by atoms with van der Waals surface area (Å²) in [5.41, 5.74) is 3.82. The van der Waals surface area contributed by atoms with Gasteiger partial charge in [-0.25, -0.2) is 10.4 Å². The number of ether oxygens (including phenoxy) is 2. The summed E-state index contributed by atoms with van der Waals surface area (Å²) < 4.78 is 16.9. The molecule has 2 rings (SSSR count). The largest absolute Gasteiger partial charge is 0.493 e. The standard InChI is InChI=1S/C22H30N4O3/c1-5-8-9-12-28-19-11-10-16(13-20(19)27-4)15-24-26-22-18(14-23)25-21(29-22)17(6-2)7-3/h10-11,13,15,17,26H,5-9,12H2,1-4H3/b24-15+. The predicted molar refractivity (Wildman–Crippen MR) is 114 cm³/mol. The zero-order chi connectivity index (χ0) is 21.1. The molecule has 7 heteroatoms. The molecule has 1 N–H and O–H groups in total. The van der Waals surface area contributed by atoms with Crippen LogP contribution in [0.5, 0.6) is 11.5 Å². The molecular formula is C22H30N4O3. The molecule has 0 spiro atoms. The fraction of sp³-hybridized carbons (Fsp3) is 0.500. The summed E-state index contributed by atoms with van der Waals surface area (Å²) in [5.74, 6) is 2.38. The summed E-state index contributed by atoms with van der Waals surface area (Å²) in [5, 5.41) is 13.5. The van der Waals surface area contributed by atoms with Gasteiger partial charge in [0.1, 0.15) is 6.07 Å². The average Bonchev–Trinajstić information content (AvgIpc) is 3.15. The van der Waals surface area contributed by atoms with Crippen molar-refractivity contribution >= 4 is 12.1 Å². The summed E-state index contributed by atoms with van der Waals surface area (Å²) in [6.07, 6.45) is 6.74. The molecule has 156 valence electrons. The van der Waals surface area contributed by atoms with E-state index < -0.39 is 0 Å². The van der Waals surface area contributed by atoms with E-state index in [0.29, 0.717) is 24.0 Å². The highest BCUT2D eigenvalue weighted by molar-refractivity contribution is 5.81. The van der Waals surface area contributed by atoms with Gasteiger partial charge < -0.3 is 13.9 Å². The topological polar surface area (TPSA) is 92.7 Å². The van der Waals surface area contributed by atoms with Gasteiger partial charge in [-0.2, -0.15) is 10.4 Å². The maximum Gasteiger partial charge on any atom is 0.252 e. The molecule has 0 aliphatic carbocycles. The highest BCUT2D eigenvalue weighted by atomic mass is 16.5. The molecule has 0 saturated carbocycles. The van der Waals surface area contributed by atoms with E-state index in [0.717, 1.165) is 37.7 Å². The summed E-state index contributed by atoms with van der Waals surface area (Å²) in [7, 11) is 1.61. The number of benzene rings is 1. The van der Waals surface area contributed by atoms with Gasteiger partial charge in [-0.05, 0) is 43.0 Å². The van der Waals surface area contributed by atoms with Gasteiger partial charge in [0.2, 0.25) is 11.6 Å². The van der Waals surface area contributed by atoms with Crippen LogP contribution in [0.2, 0.25) is 0 Å². The first-order chi connectivity index (χ1) is 14.2. The van der Waals surface area contributed by atoms with Crippen molar-refractivity contribution < 1.29 is 13.9 Å². The number of aromatic nitrogens is 1. The molecule has 0 aliphatic rings. The van der Waals surface area contributed by atoms with Gasteiger partial charge >= 0.3 is 0 Å². The highest BCUT2D eigenvalue weighted by Crippen LogP contribution is 2.29. The van der Waals surface area contributed by atoms with Crippen molar-refractivity contribution in [1.29, 1.82) is 5.26 Å². The lowest BCUT2D eigenvalue weighted by Crippen LogP contribution is -2.00. The van der Waals surface area contributed by atoms with Crippen molar-refractivity contribution in [1.82, 2.24) is 4.98 Å². The average molecular weight is 399 g/mol. The fourth-order valence-electron chi connectivity index (χ4n) is 2.88. The van der Waals surface area contributed by atoms with Crippen LogP contribution in [0, 0.1) is 11.3 Å². The predicted octanol–water partition coefficient (Wildman–Crippen LogP) is 5.47. The van der Waals surface area contributed by atoms with Crippen LogP contribution < -0.4 is 14.9 Å². The number of nitrogens with zero attached hydrogens (tertiary/aromatic N) is 3. The van der Waals surface area contributed by atoms with Gasteiger partial charge in [0, 0.05) is 5.92 Å². The van der Waals surface area contributed by atoms with E-state index in [1.165, 1.54) is 0 Å². The lowest BCUT2D eigenvalue weighted by Gasteiger charge is -2.11. The second-order valence-electron chi connectivity index (χ2n) is 6.69. The monoisotopic (exact) mass is 398 g/mol. The number of hydrazone groups is 1. The molecule has 1 heterocycles. The van der Waals surface area contributed by atoms with E-state index in [9.17, 15) is 5.26 Å². The summed E-state index contributed by atoms with van der Waals surface area (Å²) >= 11 is 0. The minimum atomic E-state index is 0.191. The Morgan fingerprint density at radius 1 is 1.24 bits per heavy atom. The Bertz CT molecular complexity index is 835. The van der Waals surface area contributed by atoms with E-state index in [1.54, 1.807) is 13.3 Å². The summed E-state index contributed by atoms with van der Waals surface area (Å²) in [6.45, 7) is 6.97. The van der Waals surface area contributed by atoms with Gasteiger partial charge in [0.05, 0.1) is 19.9 Å². The SMILES string of the molecule is CCCCCOc1ccc(/C=N/Nc2oc(C(CC)CC)nc2C#N)cc1OC. The third kappa shape index (κ3) is 6.24. The Morgan fingerprint density at radius 3 is 2.69 bits per heavy atom. The first kappa shape index (κ1) is 22.3. The highest BCUT2D eigenvalue weighted by Gasteiger charge is 2.18. The first-order valence-corrected chi connectivity index (χ1v) is 10.2. The molecule has 0 amide bonds. The van der Waals surface area contributed by atoms with Crippen molar-refractivity contribution in [2.75, 3.05) is 19.1 Å². The molecule has 0 bridgehead atoms. The molecule has 29 heavy (non-hydrogen) atoms. The van der Waals surface area contributed by atoms with Crippen LogP contribution >= 0.6 is 0 Å². The minimum Gasteiger partial charge on any atom is -0.493 e. The van der Waals surface area contributed by atoms with Crippen molar-refractivity contribution in [3.05, 3.63) is 35.3 Å². The smallest absolute Gasteiger partial charge is 0.252 e. The Hall–Kier alpha value is -3.01. The zero-order valence-corrected chi connectivity index (χ0v) is 17.7. The maximum absolute atomic E-state index is 9.28. The second-order valence-corrected chi connectivity index (χ2v) is 6.69. The fourth-order valence-corrected chi connectivity index (χ4v) is 2.88. The molecule has 1 aromatic heterocycles. The third-order valence-electron chi connectivity index (χ3n) is 4.66. The number of anilines is 1. The number of nitriles is 1. The number of rotatable bonds is 12.